The van der Waals surface area contributed by atoms with E-state index in [-0.39, 0.29) is 19.3 Å². The van der Waals surface area contributed by atoms with Gasteiger partial charge in [0.25, 0.3) is 0 Å². The summed E-state index contributed by atoms with van der Waals surface area (Å²) in [5.74, 6) is -7.09. The third kappa shape index (κ3) is 12.4. The van der Waals surface area contributed by atoms with E-state index < -0.39 is 79.0 Å². The average Bonchev–Trinajstić information content (AvgIpc) is 2.64. The smallest absolute Gasteiger partial charge is 0.326 e. The zero-order valence-electron chi connectivity index (χ0n) is 16.5. The second-order valence-corrected chi connectivity index (χ2v) is 6.45. The number of carboxylic acid groups (broad SMARTS) is 2. The lowest BCUT2D eigenvalue weighted by Crippen LogP contribution is -2.54. The van der Waals surface area contributed by atoms with E-state index in [1.807, 2.05) is 5.32 Å². The molecule has 0 rings (SSSR count). The van der Waals surface area contributed by atoms with Gasteiger partial charge >= 0.3 is 11.9 Å². The molecule has 0 aromatic carbocycles. The van der Waals surface area contributed by atoms with Gasteiger partial charge < -0.3 is 43.4 Å². The maximum atomic E-state index is 12.3. The van der Waals surface area contributed by atoms with Gasteiger partial charge in [-0.25, -0.2) is 4.79 Å². The highest BCUT2D eigenvalue weighted by molar-refractivity contribution is 5.94. The first-order valence-electron chi connectivity index (χ1n) is 8.97. The minimum absolute atomic E-state index is 0.242. The summed E-state index contributed by atoms with van der Waals surface area (Å²) in [5.41, 5.74) is 15.4. The second-order valence-electron chi connectivity index (χ2n) is 6.45. The van der Waals surface area contributed by atoms with Crippen LogP contribution >= 0.6 is 0 Å². The predicted octanol–water partition coefficient (Wildman–Crippen LogP) is -4.51. The maximum absolute atomic E-state index is 12.3. The molecule has 11 N–H and O–H groups in total. The molecule has 3 unspecified atom stereocenters. The number of nitrogens with two attached hydrogens (primary N) is 3. The fourth-order valence-electron chi connectivity index (χ4n) is 2.20. The molecule has 15 nitrogen and oxygen atoms in total. The molecule has 0 fully saturated rings. The summed E-state index contributed by atoms with van der Waals surface area (Å²) in [6.07, 6.45) is -1.92. The molecule has 15 heteroatoms. The largest absolute Gasteiger partial charge is 0.481 e. The first kappa shape index (κ1) is 27.2. The molecule has 31 heavy (non-hydrogen) atoms. The number of amides is 5. The molecule has 0 aliphatic rings. The highest BCUT2D eigenvalue weighted by Gasteiger charge is 2.26. The molecule has 0 aromatic heterocycles. The quantitative estimate of drug-likeness (QED) is 0.119. The van der Waals surface area contributed by atoms with Crippen molar-refractivity contribution in [3.8, 4) is 0 Å². The lowest BCUT2D eigenvalue weighted by Gasteiger charge is -2.20. The first-order valence-corrected chi connectivity index (χ1v) is 8.97. The summed E-state index contributed by atoms with van der Waals surface area (Å²) in [6.45, 7) is -0.702. The summed E-state index contributed by atoms with van der Waals surface area (Å²) in [7, 11) is 0. The van der Waals surface area contributed by atoms with Crippen LogP contribution in [0, 0.1) is 0 Å². The average molecular weight is 446 g/mol. The Bertz CT molecular complexity index is 726. The van der Waals surface area contributed by atoms with Gasteiger partial charge in [-0.2, -0.15) is 0 Å². The van der Waals surface area contributed by atoms with Crippen LogP contribution in [0.1, 0.15) is 32.1 Å². The number of hydrogen-bond donors (Lipinski definition) is 8. The molecular formula is C16H26N6O9. The van der Waals surface area contributed by atoms with Gasteiger partial charge in [0, 0.05) is 12.8 Å². The topological polar surface area (TPSA) is 274 Å². The zero-order chi connectivity index (χ0) is 24.1. The van der Waals surface area contributed by atoms with E-state index in [0.29, 0.717) is 0 Å². The molecule has 0 aromatic rings. The molecular weight excluding hydrogens is 420 g/mol. The Kier molecular flexibility index (Phi) is 11.8. The lowest BCUT2D eigenvalue weighted by molar-refractivity contribution is -0.143. The Balaban J connectivity index is 4.92. The van der Waals surface area contributed by atoms with Gasteiger partial charge in [0.2, 0.25) is 29.5 Å². The molecule has 0 saturated heterocycles. The maximum Gasteiger partial charge on any atom is 0.326 e. The van der Waals surface area contributed by atoms with Crippen molar-refractivity contribution in [2.24, 2.45) is 17.2 Å². The third-order valence-corrected chi connectivity index (χ3v) is 3.77. The number of nitrogens with one attached hydrogen (secondary N) is 3. The van der Waals surface area contributed by atoms with Gasteiger partial charge in [-0.15, -0.1) is 0 Å². The fourth-order valence-corrected chi connectivity index (χ4v) is 2.20. The van der Waals surface area contributed by atoms with Gasteiger partial charge in [-0.05, 0) is 12.8 Å². The standard InChI is InChI=1S/C16H26N6O9/c17-7(5-11(19)24)14(28)22-8(1-3-10(18)23)15(29)20-6-12(25)21-9(16(30)31)2-4-13(26)27/h7-9H,1-6,17H2,(H2,18,23)(H2,19,24)(H,20,29)(H,21,25)(H,22,28)(H,26,27)(H,30,31). The molecule has 0 heterocycles. The SMILES string of the molecule is NC(=O)CCC(NC(=O)C(N)CC(N)=O)C(=O)NCC(=O)NC(CCC(=O)O)C(=O)O. The molecule has 0 saturated carbocycles. The molecule has 0 spiro atoms. The highest BCUT2D eigenvalue weighted by Crippen LogP contribution is 2.00. The van der Waals surface area contributed by atoms with E-state index in [1.165, 1.54) is 0 Å². The van der Waals surface area contributed by atoms with E-state index in [0.717, 1.165) is 0 Å². The summed E-state index contributed by atoms with van der Waals surface area (Å²) < 4.78 is 0. The summed E-state index contributed by atoms with van der Waals surface area (Å²) >= 11 is 0. The van der Waals surface area contributed by atoms with E-state index in [2.05, 4.69) is 10.6 Å². The molecule has 3 atom stereocenters. The second kappa shape index (κ2) is 13.5. The molecule has 0 bridgehead atoms. The van der Waals surface area contributed by atoms with Crippen molar-refractivity contribution < 1.29 is 43.8 Å². The lowest BCUT2D eigenvalue weighted by atomic mass is 10.1. The van der Waals surface area contributed by atoms with Crippen molar-refractivity contribution in [1.82, 2.24) is 16.0 Å². The van der Waals surface area contributed by atoms with Crippen LogP contribution < -0.4 is 33.2 Å². The zero-order valence-corrected chi connectivity index (χ0v) is 16.5. The van der Waals surface area contributed by atoms with Crippen LogP contribution in [0.5, 0.6) is 0 Å². The number of aliphatic carboxylic acids is 2. The van der Waals surface area contributed by atoms with Gasteiger partial charge in [0.15, 0.2) is 0 Å². The fraction of sp³-hybridized carbons (Fsp3) is 0.562. The van der Waals surface area contributed by atoms with Crippen LogP contribution in [0.2, 0.25) is 0 Å². The van der Waals surface area contributed by atoms with E-state index >= 15 is 0 Å². The van der Waals surface area contributed by atoms with Crippen LogP contribution in [0.25, 0.3) is 0 Å². The molecule has 174 valence electrons. The van der Waals surface area contributed by atoms with Crippen molar-refractivity contribution in [3.63, 3.8) is 0 Å². The summed E-state index contributed by atoms with van der Waals surface area (Å²) in [4.78, 5) is 79.6. The number of carbonyl (C=O) groups is 7. The minimum Gasteiger partial charge on any atom is -0.481 e. The Morgan fingerprint density at radius 2 is 1.35 bits per heavy atom. The van der Waals surface area contributed by atoms with Gasteiger partial charge in [-0.1, -0.05) is 0 Å². The minimum atomic E-state index is -1.49. The van der Waals surface area contributed by atoms with Crippen molar-refractivity contribution in [1.29, 1.82) is 0 Å². The number of primary amides is 2. The summed E-state index contributed by atoms with van der Waals surface area (Å²) in [5, 5.41) is 24.0. The molecule has 5 amide bonds. The Hall–Kier alpha value is -3.75. The molecule has 0 radical (unpaired) electrons. The van der Waals surface area contributed by atoms with Crippen molar-refractivity contribution >= 4 is 41.5 Å². The van der Waals surface area contributed by atoms with Crippen molar-refractivity contribution in [2.45, 2.75) is 50.2 Å². The van der Waals surface area contributed by atoms with E-state index in [4.69, 9.17) is 27.4 Å². The van der Waals surface area contributed by atoms with Crippen LogP contribution in [-0.4, -0.2) is 76.4 Å². The third-order valence-electron chi connectivity index (χ3n) is 3.77. The van der Waals surface area contributed by atoms with Gasteiger partial charge in [0.05, 0.1) is 19.0 Å². The monoisotopic (exact) mass is 446 g/mol. The first-order chi connectivity index (χ1) is 14.3. The summed E-state index contributed by atoms with van der Waals surface area (Å²) in [6, 6.07) is -4.18. The van der Waals surface area contributed by atoms with Gasteiger partial charge in [-0.3, -0.25) is 28.8 Å². The van der Waals surface area contributed by atoms with E-state index in [9.17, 15) is 33.6 Å². The van der Waals surface area contributed by atoms with Crippen LogP contribution in [0.15, 0.2) is 0 Å². The van der Waals surface area contributed by atoms with Crippen molar-refractivity contribution in [2.75, 3.05) is 6.54 Å². The van der Waals surface area contributed by atoms with Crippen LogP contribution in [0.4, 0.5) is 0 Å². The van der Waals surface area contributed by atoms with Crippen molar-refractivity contribution in [3.05, 3.63) is 0 Å². The Morgan fingerprint density at radius 1 is 0.774 bits per heavy atom. The Morgan fingerprint density at radius 3 is 1.84 bits per heavy atom. The normalized spacial score (nSPS) is 13.2. The molecule has 0 aliphatic carbocycles. The highest BCUT2D eigenvalue weighted by atomic mass is 16.4. The number of hydrogen-bond acceptors (Lipinski definition) is 8. The Labute approximate surface area is 176 Å². The predicted molar refractivity (Wildman–Crippen MR) is 102 cm³/mol. The van der Waals surface area contributed by atoms with E-state index in [1.54, 1.807) is 0 Å². The number of rotatable bonds is 15. The number of carboxylic acids is 2. The van der Waals surface area contributed by atoms with Crippen LogP contribution in [0.3, 0.4) is 0 Å². The number of carbonyl (C=O) groups excluding carboxylic acids is 5. The van der Waals surface area contributed by atoms with Crippen LogP contribution in [-0.2, 0) is 33.6 Å². The molecule has 0 aliphatic heterocycles. The van der Waals surface area contributed by atoms with Gasteiger partial charge in [0.1, 0.15) is 12.1 Å².